The highest BCUT2D eigenvalue weighted by molar-refractivity contribution is 9.10. The Labute approximate surface area is 194 Å². The Bertz CT molecular complexity index is 863. The molecule has 2 atom stereocenters. The molecule has 0 aliphatic rings. The predicted molar refractivity (Wildman–Crippen MR) is 128 cm³/mol. The molecule has 5 nitrogen and oxygen atoms in total. The maximum absolute atomic E-state index is 13.1. The van der Waals surface area contributed by atoms with E-state index in [1.54, 1.807) is 11.8 Å². The lowest BCUT2D eigenvalue weighted by atomic mass is 10.1. The van der Waals surface area contributed by atoms with Crippen molar-refractivity contribution in [3.8, 4) is 5.75 Å². The third-order valence-electron chi connectivity index (χ3n) is 5.42. The fraction of sp³-hybridized carbons (Fsp3) is 0.440. The summed E-state index contributed by atoms with van der Waals surface area (Å²) in [5.74, 6) is 0.290. The van der Waals surface area contributed by atoms with Crippen molar-refractivity contribution in [3.05, 3.63) is 63.6 Å². The minimum Gasteiger partial charge on any atom is -0.484 e. The van der Waals surface area contributed by atoms with Crippen molar-refractivity contribution in [1.82, 2.24) is 10.2 Å². The van der Waals surface area contributed by atoms with E-state index in [0.717, 1.165) is 27.6 Å². The SMILES string of the molecule is CC[C@@H](C)NC(=O)[C@@H](C)N(CCc1ccccc1)C(=O)COc1cc(C)c(Br)c(C)c1. The van der Waals surface area contributed by atoms with Gasteiger partial charge in [-0.15, -0.1) is 0 Å². The second-order valence-corrected chi connectivity index (χ2v) is 8.77. The van der Waals surface area contributed by atoms with E-state index < -0.39 is 6.04 Å². The monoisotopic (exact) mass is 488 g/mol. The molecule has 0 saturated carbocycles. The van der Waals surface area contributed by atoms with Crippen LogP contribution in [0.4, 0.5) is 0 Å². The summed E-state index contributed by atoms with van der Waals surface area (Å²) in [6, 6.07) is 13.2. The number of aryl methyl sites for hydroxylation is 2. The van der Waals surface area contributed by atoms with Gasteiger partial charge in [0, 0.05) is 17.1 Å². The van der Waals surface area contributed by atoms with Gasteiger partial charge in [0.05, 0.1) is 0 Å². The third-order valence-corrected chi connectivity index (χ3v) is 6.68. The lowest BCUT2D eigenvalue weighted by Gasteiger charge is -2.29. The zero-order chi connectivity index (χ0) is 23.0. The summed E-state index contributed by atoms with van der Waals surface area (Å²) in [5, 5.41) is 2.98. The van der Waals surface area contributed by atoms with Crippen LogP contribution in [0.15, 0.2) is 46.9 Å². The molecule has 0 saturated heterocycles. The van der Waals surface area contributed by atoms with Crippen LogP contribution in [0.3, 0.4) is 0 Å². The molecule has 6 heteroatoms. The van der Waals surface area contributed by atoms with Crippen LogP contribution in [0.2, 0.25) is 0 Å². The molecule has 0 unspecified atom stereocenters. The molecule has 2 aromatic rings. The number of carbonyl (C=O) groups excluding carboxylic acids is 2. The molecule has 0 aliphatic carbocycles. The largest absolute Gasteiger partial charge is 0.484 e. The Balaban J connectivity index is 2.11. The molecule has 1 N–H and O–H groups in total. The molecule has 0 spiro atoms. The summed E-state index contributed by atoms with van der Waals surface area (Å²) >= 11 is 3.54. The fourth-order valence-electron chi connectivity index (χ4n) is 3.25. The highest BCUT2D eigenvalue weighted by atomic mass is 79.9. The van der Waals surface area contributed by atoms with Crippen LogP contribution in [0.1, 0.15) is 43.9 Å². The molecular weight excluding hydrogens is 456 g/mol. The number of hydrogen-bond donors (Lipinski definition) is 1. The Hall–Kier alpha value is -2.34. The van der Waals surface area contributed by atoms with Gasteiger partial charge in [0.25, 0.3) is 5.91 Å². The van der Waals surface area contributed by atoms with Crippen molar-refractivity contribution in [1.29, 1.82) is 0 Å². The molecule has 0 bridgehead atoms. The van der Waals surface area contributed by atoms with Crippen molar-refractivity contribution in [2.45, 2.75) is 59.5 Å². The van der Waals surface area contributed by atoms with Crippen molar-refractivity contribution >= 4 is 27.7 Å². The van der Waals surface area contributed by atoms with Crippen molar-refractivity contribution in [2.24, 2.45) is 0 Å². The van der Waals surface area contributed by atoms with Gasteiger partial charge in [-0.3, -0.25) is 9.59 Å². The maximum atomic E-state index is 13.1. The number of halogens is 1. The van der Waals surface area contributed by atoms with Gasteiger partial charge >= 0.3 is 0 Å². The van der Waals surface area contributed by atoms with E-state index in [1.807, 2.05) is 70.2 Å². The van der Waals surface area contributed by atoms with Crippen LogP contribution in [-0.4, -0.2) is 41.9 Å². The first kappa shape index (κ1) is 24.9. The second-order valence-electron chi connectivity index (χ2n) is 7.98. The second kappa shape index (κ2) is 11.9. The summed E-state index contributed by atoms with van der Waals surface area (Å²) in [6.45, 7) is 10.1. The van der Waals surface area contributed by atoms with Gasteiger partial charge in [0.1, 0.15) is 11.8 Å². The van der Waals surface area contributed by atoms with E-state index in [-0.39, 0.29) is 24.5 Å². The molecule has 0 aliphatic heterocycles. The predicted octanol–water partition coefficient (Wildman–Crippen LogP) is 4.82. The highest BCUT2D eigenvalue weighted by Crippen LogP contribution is 2.26. The number of hydrogen-bond acceptors (Lipinski definition) is 3. The first-order chi connectivity index (χ1) is 14.7. The Morgan fingerprint density at radius 1 is 1.10 bits per heavy atom. The van der Waals surface area contributed by atoms with Gasteiger partial charge in [-0.25, -0.2) is 0 Å². The van der Waals surface area contributed by atoms with E-state index in [9.17, 15) is 9.59 Å². The maximum Gasteiger partial charge on any atom is 0.261 e. The first-order valence-electron chi connectivity index (χ1n) is 10.8. The van der Waals surface area contributed by atoms with Crippen molar-refractivity contribution < 1.29 is 14.3 Å². The minimum atomic E-state index is -0.581. The van der Waals surface area contributed by atoms with Crippen LogP contribution in [0.25, 0.3) is 0 Å². The minimum absolute atomic E-state index is 0.0611. The zero-order valence-electron chi connectivity index (χ0n) is 19.1. The topological polar surface area (TPSA) is 58.6 Å². The summed E-state index contributed by atoms with van der Waals surface area (Å²) in [6.07, 6.45) is 1.51. The first-order valence-corrected chi connectivity index (χ1v) is 11.6. The highest BCUT2D eigenvalue weighted by Gasteiger charge is 2.26. The average molecular weight is 489 g/mol. The fourth-order valence-corrected chi connectivity index (χ4v) is 3.48. The van der Waals surface area contributed by atoms with E-state index in [0.29, 0.717) is 18.7 Å². The number of nitrogens with zero attached hydrogens (tertiary/aromatic N) is 1. The van der Waals surface area contributed by atoms with E-state index in [2.05, 4.69) is 21.2 Å². The molecule has 0 fully saturated rings. The van der Waals surface area contributed by atoms with Crippen molar-refractivity contribution in [3.63, 3.8) is 0 Å². The summed E-state index contributed by atoms with van der Waals surface area (Å²) in [4.78, 5) is 27.4. The molecule has 0 radical (unpaired) electrons. The van der Waals surface area contributed by atoms with E-state index in [4.69, 9.17) is 4.74 Å². The smallest absolute Gasteiger partial charge is 0.261 e. The van der Waals surface area contributed by atoms with Gasteiger partial charge in [-0.1, -0.05) is 53.2 Å². The van der Waals surface area contributed by atoms with E-state index >= 15 is 0 Å². The Kier molecular flexibility index (Phi) is 9.56. The number of amides is 2. The molecule has 31 heavy (non-hydrogen) atoms. The summed E-state index contributed by atoms with van der Waals surface area (Å²) in [5.41, 5.74) is 3.21. The standard InChI is InChI=1S/C25H33BrN2O3/c1-6-19(4)27-25(30)20(5)28(13-12-21-10-8-7-9-11-21)23(29)16-31-22-14-17(2)24(26)18(3)15-22/h7-11,14-15,19-20H,6,12-13,16H2,1-5H3,(H,27,30)/t19-,20-/m1/s1. The van der Waals surface area contributed by atoms with E-state index in [1.165, 1.54) is 0 Å². The Morgan fingerprint density at radius 3 is 2.29 bits per heavy atom. The molecular formula is C25H33BrN2O3. The lowest BCUT2D eigenvalue weighted by molar-refractivity contribution is -0.141. The molecule has 0 heterocycles. The normalized spacial score (nSPS) is 12.7. The Morgan fingerprint density at radius 2 is 1.71 bits per heavy atom. The summed E-state index contributed by atoms with van der Waals surface area (Å²) in [7, 11) is 0. The van der Waals surface area contributed by atoms with Crippen LogP contribution in [-0.2, 0) is 16.0 Å². The number of carbonyl (C=O) groups is 2. The van der Waals surface area contributed by atoms with Gasteiger partial charge in [0.15, 0.2) is 6.61 Å². The average Bonchev–Trinajstić information content (AvgIpc) is 2.76. The van der Waals surface area contributed by atoms with Crippen molar-refractivity contribution in [2.75, 3.05) is 13.2 Å². The van der Waals surface area contributed by atoms with Gasteiger partial charge in [0.2, 0.25) is 5.91 Å². The molecule has 2 amide bonds. The number of rotatable bonds is 10. The van der Waals surface area contributed by atoms with Gasteiger partial charge < -0.3 is 15.0 Å². The number of ether oxygens (including phenoxy) is 1. The third kappa shape index (κ3) is 7.39. The van der Waals surface area contributed by atoms with Crippen LogP contribution in [0.5, 0.6) is 5.75 Å². The molecule has 0 aromatic heterocycles. The number of benzene rings is 2. The van der Waals surface area contributed by atoms with Gasteiger partial charge in [-0.05, 0) is 69.4 Å². The zero-order valence-corrected chi connectivity index (χ0v) is 20.7. The molecule has 2 aromatic carbocycles. The molecule has 168 valence electrons. The summed E-state index contributed by atoms with van der Waals surface area (Å²) < 4.78 is 6.84. The quantitative estimate of drug-likeness (QED) is 0.521. The number of nitrogens with one attached hydrogen (secondary N) is 1. The van der Waals surface area contributed by atoms with Crippen LogP contribution >= 0.6 is 15.9 Å². The lowest BCUT2D eigenvalue weighted by Crippen LogP contribution is -2.51. The van der Waals surface area contributed by atoms with Crippen LogP contribution < -0.4 is 10.1 Å². The van der Waals surface area contributed by atoms with Gasteiger partial charge in [-0.2, -0.15) is 0 Å². The molecule has 2 rings (SSSR count). The van der Waals surface area contributed by atoms with Crippen LogP contribution in [0, 0.1) is 13.8 Å².